The Kier molecular flexibility index (Phi) is 8.21. The quantitative estimate of drug-likeness (QED) is 0.461. The highest BCUT2D eigenvalue weighted by Gasteiger charge is 2.14. The van der Waals surface area contributed by atoms with Crippen molar-refractivity contribution in [3.8, 4) is 0 Å². The molecule has 2 N–H and O–H groups in total. The smallest absolute Gasteiger partial charge is 0.255 e. The van der Waals surface area contributed by atoms with E-state index in [0.29, 0.717) is 35.6 Å². The van der Waals surface area contributed by atoms with Crippen LogP contribution in [0, 0.1) is 0 Å². The van der Waals surface area contributed by atoms with E-state index in [1.165, 1.54) is 30.3 Å². The van der Waals surface area contributed by atoms with E-state index in [4.69, 9.17) is 0 Å². The second-order valence-corrected chi connectivity index (χ2v) is 9.02. The number of anilines is 2. The molecule has 0 bridgehead atoms. The van der Waals surface area contributed by atoms with Crippen molar-refractivity contribution in [2.24, 2.45) is 0 Å². The van der Waals surface area contributed by atoms with Crippen molar-refractivity contribution in [1.82, 2.24) is 4.90 Å². The molecular formula is C26H27N3O4S. The minimum absolute atomic E-state index is 0.0981. The van der Waals surface area contributed by atoms with Crippen LogP contribution in [0.1, 0.15) is 40.1 Å². The van der Waals surface area contributed by atoms with Crippen molar-refractivity contribution in [2.45, 2.75) is 13.8 Å². The predicted octanol–water partition coefficient (Wildman–Crippen LogP) is 4.83. The van der Waals surface area contributed by atoms with Gasteiger partial charge in [0.1, 0.15) is 0 Å². The Labute approximate surface area is 200 Å². The Balaban J connectivity index is 1.65. The number of rotatable bonds is 9. The van der Waals surface area contributed by atoms with Crippen LogP contribution in [0.25, 0.3) is 6.08 Å². The third-order valence-corrected chi connectivity index (χ3v) is 6.08. The van der Waals surface area contributed by atoms with Crippen LogP contribution >= 0.6 is 0 Å². The number of amides is 2. The molecule has 0 spiro atoms. The van der Waals surface area contributed by atoms with Crippen molar-refractivity contribution >= 4 is 39.3 Å². The number of nitrogens with one attached hydrogen (secondary N) is 2. The second kappa shape index (κ2) is 11.3. The van der Waals surface area contributed by atoms with Crippen LogP contribution in [0.15, 0.2) is 84.3 Å². The fraction of sp³-hybridized carbons (Fsp3) is 0.154. The van der Waals surface area contributed by atoms with Crippen LogP contribution < -0.4 is 10.0 Å². The first-order valence-corrected chi connectivity index (χ1v) is 12.4. The number of hydrogen-bond acceptors (Lipinski definition) is 4. The average molecular weight is 478 g/mol. The molecular weight excluding hydrogens is 450 g/mol. The molecule has 3 rings (SSSR count). The standard InChI is InChI=1S/C26H27N3O4S/c1-3-29(4-2)26(31)22-11-8-12-24(19-22)27-25(30)21-13-15-23(16-14-21)28-34(32,33)18-17-20-9-6-5-7-10-20/h5-19,28H,3-4H2,1-2H3,(H,27,30)/b18-17+. The normalized spacial score (nSPS) is 11.2. The zero-order chi connectivity index (χ0) is 24.6. The van der Waals surface area contributed by atoms with Gasteiger partial charge in [0.25, 0.3) is 21.8 Å². The van der Waals surface area contributed by atoms with Gasteiger partial charge < -0.3 is 10.2 Å². The summed E-state index contributed by atoms with van der Waals surface area (Å²) in [6.45, 7) is 5.03. The minimum Gasteiger partial charge on any atom is -0.339 e. The molecule has 0 heterocycles. The summed E-state index contributed by atoms with van der Waals surface area (Å²) in [5.41, 5.74) is 2.45. The molecule has 3 aromatic rings. The largest absolute Gasteiger partial charge is 0.339 e. The Morgan fingerprint density at radius 2 is 1.50 bits per heavy atom. The van der Waals surface area contributed by atoms with Crippen LogP contribution in [-0.2, 0) is 10.0 Å². The van der Waals surface area contributed by atoms with Gasteiger partial charge in [-0.05, 0) is 68.0 Å². The van der Waals surface area contributed by atoms with Gasteiger partial charge in [-0.1, -0.05) is 36.4 Å². The zero-order valence-electron chi connectivity index (χ0n) is 19.1. The zero-order valence-corrected chi connectivity index (χ0v) is 19.9. The van der Waals surface area contributed by atoms with Crippen LogP contribution in [0.4, 0.5) is 11.4 Å². The third-order valence-electron chi connectivity index (χ3n) is 5.06. The molecule has 0 fully saturated rings. The number of nitrogens with zero attached hydrogens (tertiary/aromatic N) is 1. The van der Waals surface area contributed by atoms with Crippen molar-refractivity contribution in [2.75, 3.05) is 23.1 Å². The molecule has 2 amide bonds. The average Bonchev–Trinajstić information content (AvgIpc) is 2.84. The van der Waals surface area contributed by atoms with E-state index < -0.39 is 10.0 Å². The van der Waals surface area contributed by atoms with E-state index >= 15 is 0 Å². The van der Waals surface area contributed by atoms with Gasteiger partial charge in [-0.15, -0.1) is 0 Å². The van der Waals surface area contributed by atoms with Gasteiger partial charge in [-0.3, -0.25) is 14.3 Å². The summed E-state index contributed by atoms with van der Waals surface area (Å²) in [6, 6.07) is 22.0. The monoisotopic (exact) mass is 477 g/mol. The highest BCUT2D eigenvalue weighted by Crippen LogP contribution is 2.17. The third kappa shape index (κ3) is 6.79. The molecule has 0 aliphatic heterocycles. The van der Waals surface area contributed by atoms with E-state index in [-0.39, 0.29) is 11.8 Å². The first-order valence-electron chi connectivity index (χ1n) is 10.9. The molecule has 176 valence electrons. The lowest BCUT2D eigenvalue weighted by atomic mass is 10.1. The number of benzene rings is 3. The Morgan fingerprint density at radius 1 is 0.824 bits per heavy atom. The maximum Gasteiger partial charge on any atom is 0.255 e. The van der Waals surface area contributed by atoms with Crippen molar-refractivity contribution in [3.05, 3.63) is 101 Å². The fourth-order valence-electron chi connectivity index (χ4n) is 3.25. The summed E-state index contributed by atoms with van der Waals surface area (Å²) in [6.07, 6.45) is 1.50. The fourth-order valence-corrected chi connectivity index (χ4v) is 4.12. The lowest BCUT2D eigenvalue weighted by Crippen LogP contribution is -2.30. The molecule has 0 aromatic heterocycles. The number of carbonyl (C=O) groups is 2. The van der Waals surface area contributed by atoms with Crippen LogP contribution in [-0.4, -0.2) is 38.2 Å². The number of hydrogen-bond donors (Lipinski definition) is 2. The highest BCUT2D eigenvalue weighted by molar-refractivity contribution is 7.95. The van der Waals surface area contributed by atoms with E-state index in [2.05, 4.69) is 10.0 Å². The number of sulfonamides is 1. The summed E-state index contributed by atoms with van der Waals surface area (Å²) >= 11 is 0. The maximum atomic E-state index is 12.6. The Hall–Kier alpha value is -3.91. The molecule has 7 nitrogen and oxygen atoms in total. The molecule has 0 atom stereocenters. The van der Waals surface area contributed by atoms with Gasteiger partial charge in [-0.25, -0.2) is 8.42 Å². The van der Waals surface area contributed by atoms with E-state index in [9.17, 15) is 18.0 Å². The highest BCUT2D eigenvalue weighted by atomic mass is 32.2. The van der Waals surface area contributed by atoms with Crippen molar-refractivity contribution < 1.29 is 18.0 Å². The lowest BCUT2D eigenvalue weighted by Gasteiger charge is -2.19. The molecule has 3 aromatic carbocycles. The molecule has 0 aliphatic rings. The summed E-state index contributed by atoms with van der Waals surface area (Å²) in [5.74, 6) is -0.468. The van der Waals surface area contributed by atoms with E-state index in [1.54, 1.807) is 41.3 Å². The Bertz CT molecular complexity index is 1270. The molecule has 8 heteroatoms. The van der Waals surface area contributed by atoms with Gasteiger partial charge in [0.15, 0.2) is 0 Å². The van der Waals surface area contributed by atoms with Crippen LogP contribution in [0.2, 0.25) is 0 Å². The van der Waals surface area contributed by atoms with Gasteiger partial charge in [-0.2, -0.15) is 0 Å². The van der Waals surface area contributed by atoms with E-state index in [1.807, 2.05) is 32.0 Å². The summed E-state index contributed by atoms with van der Waals surface area (Å²) in [5, 5.41) is 3.87. The van der Waals surface area contributed by atoms with Crippen LogP contribution in [0.5, 0.6) is 0 Å². The van der Waals surface area contributed by atoms with Gasteiger partial charge in [0, 0.05) is 35.6 Å². The molecule has 34 heavy (non-hydrogen) atoms. The van der Waals surface area contributed by atoms with Crippen molar-refractivity contribution in [3.63, 3.8) is 0 Å². The topological polar surface area (TPSA) is 95.6 Å². The van der Waals surface area contributed by atoms with Gasteiger partial charge in [0.05, 0.1) is 5.41 Å². The summed E-state index contributed by atoms with van der Waals surface area (Å²) in [7, 11) is -3.71. The van der Waals surface area contributed by atoms with E-state index in [0.717, 1.165) is 11.0 Å². The lowest BCUT2D eigenvalue weighted by molar-refractivity contribution is 0.0772. The molecule has 0 unspecified atom stereocenters. The number of carbonyl (C=O) groups excluding carboxylic acids is 2. The van der Waals surface area contributed by atoms with Gasteiger partial charge in [0.2, 0.25) is 0 Å². The SMILES string of the molecule is CCN(CC)C(=O)c1cccc(NC(=O)c2ccc(NS(=O)(=O)/C=C/c3ccccc3)cc2)c1. The first kappa shape index (κ1) is 24.7. The second-order valence-electron chi connectivity index (χ2n) is 7.45. The predicted molar refractivity (Wildman–Crippen MR) is 136 cm³/mol. The molecule has 0 aliphatic carbocycles. The molecule has 0 radical (unpaired) electrons. The summed E-state index contributed by atoms with van der Waals surface area (Å²) < 4.78 is 27.1. The minimum atomic E-state index is -3.71. The summed E-state index contributed by atoms with van der Waals surface area (Å²) in [4.78, 5) is 26.9. The maximum absolute atomic E-state index is 12.6. The molecule has 0 saturated carbocycles. The van der Waals surface area contributed by atoms with Gasteiger partial charge >= 0.3 is 0 Å². The van der Waals surface area contributed by atoms with Crippen LogP contribution in [0.3, 0.4) is 0 Å². The Morgan fingerprint density at radius 3 is 2.15 bits per heavy atom. The molecule has 0 saturated heterocycles. The van der Waals surface area contributed by atoms with Crippen molar-refractivity contribution in [1.29, 1.82) is 0 Å². The first-order chi connectivity index (χ1) is 16.3.